The highest BCUT2D eigenvalue weighted by atomic mass is 35.5. The lowest BCUT2D eigenvalue weighted by molar-refractivity contribution is -0.130. The normalized spacial score (nSPS) is 15.6. The van der Waals surface area contributed by atoms with E-state index in [9.17, 15) is 4.79 Å². The van der Waals surface area contributed by atoms with Crippen molar-refractivity contribution >= 4 is 47.4 Å². The van der Waals surface area contributed by atoms with Gasteiger partial charge in [0.1, 0.15) is 0 Å². The number of hydrogen-bond donors (Lipinski definition) is 2. The molecule has 2 aromatic rings. The number of methoxy groups -OCH3 is 1. The molecule has 0 radical (unpaired) electrons. The van der Waals surface area contributed by atoms with Gasteiger partial charge in [-0.1, -0.05) is 35.5 Å². The number of halogens is 2. The molecule has 4 nitrogen and oxygen atoms in total. The highest BCUT2D eigenvalue weighted by Gasteiger charge is 2.39. The maximum absolute atomic E-state index is 12.9. The molecule has 1 saturated heterocycles. The predicted molar refractivity (Wildman–Crippen MR) is 114 cm³/mol. The van der Waals surface area contributed by atoms with Gasteiger partial charge in [-0.2, -0.15) is 0 Å². The summed E-state index contributed by atoms with van der Waals surface area (Å²) in [6.07, 6.45) is 1.57. The molecule has 3 rings (SSSR count). The number of carbonyl (C=O) groups excluding carboxylic acids is 1. The molecule has 1 heterocycles. The van der Waals surface area contributed by atoms with Crippen molar-refractivity contribution in [1.82, 2.24) is 5.32 Å². The quantitative estimate of drug-likeness (QED) is 0.691. The third-order valence-corrected chi connectivity index (χ3v) is 6.17. The van der Waals surface area contributed by atoms with Crippen LogP contribution in [0.1, 0.15) is 12.8 Å². The van der Waals surface area contributed by atoms with Crippen LogP contribution in [-0.2, 0) is 9.53 Å². The third-order valence-electron chi connectivity index (χ3n) is 4.64. The maximum Gasteiger partial charge on any atom is 0.233 e. The lowest BCUT2D eigenvalue weighted by Gasteiger charge is -2.35. The summed E-state index contributed by atoms with van der Waals surface area (Å²) < 4.78 is 5.34. The van der Waals surface area contributed by atoms with Crippen LogP contribution in [0, 0.1) is 5.41 Å². The van der Waals surface area contributed by atoms with Gasteiger partial charge in [0.2, 0.25) is 5.91 Å². The number of ether oxygens (including phenoxy) is 1. The van der Waals surface area contributed by atoms with Gasteiger partial charge in [-0.15, -0.1) is 12.4 Å². The number of hydrogen-bond acceptors (Lipinski definition) is 4. The van der Waals surface area contributed by atoms with Crippen LogP contribution in [0.25, 0.3) is 0 Å². The highest BCUT2D eigenvalue weighted by Crippen LogP contribution is 2.34. The first-order valence-corrected chi connectivity index (χ1v) is 9.86. The summed E-state index contributed by atoms with van der Waals surface area (Å²) in [5.41, 5.74) is 0.345. The minimum Gasteiger partial charge on any atom is -0.384 e. The number of nitrogens with one attached hydrogen (secondary N) is 2. The Morgan fingerprint density at radius 2 is 1.85 bits per heavy atom. The van der Waals surface area contributed by atoms with Gasteiger partial charge in [0, 0.05) is 22.6 Å². The maximum atomic E-state index is 12.9. The fourth-order valence-corrected chi connectivity index (χ4v) is 4.23. The first-order valence-electron chi connectivity index (χ1n) is 8.66. The number of benzene rings is 2. The number of rotatable bonds is 6. The average Bonchev–Trinajstić information content (AvgIpc) is 2.66. The molecule has 0 unspecified atom stereocenters. The average molecular weight is 427 g/mol. The van der Waals surface area contributed by atoms with Crippen LogP contribution in [0.2, 0.25) is 5.02 Å². The molecular weight excluding hydrogens is 403 g/mol. The predicted octanol–water partition coefficient (Wildman–Crippen LogP) is 4.87. The van der Waals surface area contributed by atoms with E-state index in [-0.39, 0.29) is 18.3 Å². The Labute approximate surface area is 175 Å². The number of anilines is 1. The van der Waals surface area contributed by atoms with Crippen LogP contribution in [0.5, 0.6) is 0 Å². The van der Waals surface area contributed by atoms with Gasteiger partial charge in [0.15, 0.2) is 0 Å². The molecule has 27 heavy (non-hydrogen) atoms. The van der Waals surface area contributed by atoms with E-state index in [1.54, 1.807) is 18.9 Å². The highest BCUT2D eigenvalue weighted by molar-refractivity contribution is 7.99. The van der Waals surface area contributed by atoms with E-state index in [1.807, 2.05) is 48.5 Å². The molecule has 0 spiro atoms. The molecule has 146 valence electrons. The molecule has 0 aliphatic carbocycles. The van der Waals surface area contributed by atoms with Gasteiger partial charge in [-0.25, -0.2) is 0 Å². The standard InChI is InChI=1S/C20H23ClN2O2S.ClH/c1-25-14-20(10-12-22-13-11-20)19(24)23-15-6-8-16(9-7-15)26-18-5-3-2-4-17(18)21;/h2-9,22H,10-14H2,1H3,(H,23,24);1H. The van der Waals surface area contributed by atoms with Crippen molar-refractivity contribution in [3.05, 3.63) is 53.6 Å². The van der Waals surface area contributed by atoms with E-state index in [4.69, 9.17) is 16.3 Å². The van der Waals surface area contributed by atoms with Gasteiger partial charge in [-0.05, 0) is 62.3 Å². The molecule has 2 N–H and O–H groups in total. The minimum atomic E-state index is -0.453. The van der Waals surface area contributed by atoms with Crippen molar-refractivity contribution in [2.75, 3.05) is 32.1 Å². The fraction of sp³-hybridized carbons (Fsp3) is 0.350. The molecule has 1 fully saturated rings. The second kappa shape index (κ2) is 10.3. The Morgan fingerprint density at radius 3 is 2.48 bits per heavy atom. The summed E-state index contributed by atoms with van der Waals surface area (Å²) in [6, 6.07) is 15.6. The van der Waals surface area contributed by atoms with Crippen molar-refractivity contribution in [3.63, 3.8) is 0 Å². The van der Waals surface area contributed by atoms with Crippen LogP contribution < -0.4 is 10.6 Å². The summed E-state index contributed by atoms with van der Waals surface area (Å²) >= 11 is 7.81. The third kappa shape index (κ3) is 5.62. The topological polar surface area (TPSA) is 50.4 Å². The Morgan fingerprint density at radius 1 is 1.19 bits per heavy atom. The second-order valence-corrected chi connectivity index (χ2v) is 8.00. The molecule has 0 saturated carbocycles. The van der Waals surface area contributed by atoms with Crippen LogP contribution >= 0.6 is 35.8 Å². The molecule has 0 aromatic heterocycles. The molecular formula is C20H24Cl2N2O2S. The monoisotopic (exact) mass is 426 g/mol. The molecule has 1 amide bonds. The largest absolute Gasteiger partial charge is 0.384 e. The van der Waals surface area contributed by atoms with Crippen molar-refractivity contribution in [3.8, 4) is 0 Å². The molecule has 0 bridgehead atoms. The fourth-order valence-electron chi connectivity index (χ4n) is 3.14. The van der Waals surface area contributed by atoms with Crippen molar-refractivity contribution in [2.24, 2.45) is 5.41 Å². The van der Waals surface area contributed by atoms with Crippen LogP contribution in [-0.4, -0.2) is 32.7 Å². The summed E-state index contributed by atoms with van der Waals surface area (Å²) in [5, 5.41) is 7.10. The van der Waals surface area contributed by atoms with Gasteiger partial charge < -0.3 is 15.4 Å². The smallest absolute Gasteiger partial charge is 0.233 e. The molecule has 1 aliphatic rings. The van der Waals surface area contributed by atoms with E-state index in [2.05, 4.69) is 10.6 Å². The summed E-state index contributed by atoms with van der Waals surface area (Å²) in [5.74, 6) is 0.0346. The molecule has 1 aliphatic heterocycles. The summed E-state index contributed by atoms with van der Waals surface area (Å²) in [4.78, 5) is 14.9. The van der Waals surface area contributed by atoms with Gasteiger partial charge in [0.05, 0.1) is 17.0 Å². The Hall–Kier alpha value is -1.24. The number of amides is 1. The van der Waals surface area contributed by atoms with Crippen molar-refractivity contribution in [1.29, 1.82) is 0 Å². The zero-order valence-electron chi connectivity index (χ0n) is 15.2. The first kappa shape index (κ1) is 22.1. The Kier molecular flexibility index (Phi) is 8.45. The zero-order chi connectivity index (χ0) is 18.4. The molecule has 0 atom stereocenters. The van der Waals surface area contributed by atoms with E-state index >= 15 is 0 Å². The van der Waals surface area contributed by atoms with Crippen molar-refractivity contribution in [2.45, 2.75) is 22.6 Å². The lowest BCUT2D eigenvalue weighted by Crippen LogP contribution is -2.47. The van der Waals surface area contributed by atoms with Crippen LogP contribution in [0.15, 0.2) is 58.3 Å². The number of piperidine rings is 1. The van der Waals surface area contributed by atoms with E-state index in [1.165, 1.54) is 0 Å². The van der Waals surface area contributed by atoms with Crippen molar-refractivity contribution < 1.29 is 9.53 Å². The van der Waals surface area contributed by atoms with Gasteiger partial charge in [0.25, 0.3) is 0 Å². The van der Waals surface area contributed by atoms with Crippen LogP contribution in [0.3, 0.4) is 0 Å². The van der Waals surface area contributed by atoms with E-state index in [0.29, 0.717) is 6.61 Å². The SMILES string of the molecule is COCC1(C(=O)Nc2ccc(Sc3ccccc3Cl)cc2)CCNCC1.Cl. The Balaban J connectivity index is 0.00000261. The molecule has 7 heteroatoms. The lowest BCUT2D eigenvalue weighted by atomic mass is 9.78. The van der Waals surface area contributed by atoms with E-state index in [0.717, 1.165) is 46.4 Å². The number of carbonyl (C=O) groups is 1. The summed E-state index contributed by atoms with van der Waals surface area (Å²) in [7, 11) is 1.65. The zero-order valence-corrected chi connectivity index (χ0v) is 17.6. The van der Waals surface area contributed by atoms with Crippen LogP contribution in [0.4, 0.5) is 5.69 Å². The second-order valence-electron chi connectivity index (χ2n) is 6.47. The first-order chi connectivity index (χ1) is 12.6. The Bertz CT molecular complexity index is 744. The van der Waals surface area contributed by atoms with Gasteiger partial charge in [-0.3, -0.25) is 4.79 Å². The van der Waals surface area contributed by atoms with Gasteiger partial charge >= 0.3 is 0 Å². The van der Waals surface area contributed by atoms with E-state index < -0.39 is 5.41 Å². The summed E-state index contributed by atoms with van der Waals surface area (Å²) in [6.45, 7) is 2.12. The molecule has 2 aromatic carbocycles. The minimum absolute atomic E-state index is 0.